The van der Waals surface area contributed by atoms with E-state index in [0.29, 0.717) is 6.61 Å². The summed E-state index contributed by atoms with van der Waals surface area (Å²) in [6, 6.07) is 0. The van der Waals surface area contributed by atoms with Crippen LogP contribution >= 0.6 is 0 Å². The Morgan fingerprint density at radius 1 is 1.29 bits per heavy atom. The molecule has 1 heterocycles. The molecule has 1 rings (SSSR count). The molecule has 0 radical (unpaired) electrons. The van der Waals surface area contributed by atoms with Crippen molar-refractivity contribution in [3.8, 4) is 0 Å². The van der Waals surface area contributed by atoms with E-state index in [9.17, 15) is 0 Å². The van der Waals surface area contributed by atoms with Crippen LogP contribution in [0.4, 0.5) is 0 Å². The molecule has 102 valence electrons. The van der Waals surface area contributed by atoms with Crippen molar-refractivity contribution in [3.63, 3.8) is 0 Å². The molecule has 0 aromatic rings. The van der Waals surface area contributed by atoms with Crippen molar-refractivity contribution >= 4 is 0 Å². The van der Waals surface area contributed by atoms with E-state index in [4.69, 9.17) is 9.47 Å². The molecule has 1 fully saturated rings. The van der Waals surface area contributed by atoms with E-state index >= 15 is 0 Å². The summed E-state index contributed by atoms with van der Waals surface area (Å²) in [4.78, 5) is 2.48. The molecular formula is C13H28N2O2. The minimum absolute atomic E-state index is 0.189. The predicted molar refractivity (Wildman–Crippen MR) is 70.5 cm³/mol. The molecule has 0 aromatic carbocycles. The predicted octanol–water partition coefficient (Wildman–Crippen LogP) is 1.11. The molecule has 1 aliphatic rings. The average molecular weight is 244 g/mol. The van der Waals surface area contributed by atoms with Gasteiger partial charge in [0, 0.05) is 20.2 Å². The summed E-state index contributed by atoms with van der Waals surface area (Å²) >= 11 is 0. The highest BCUT2D eigenvalue weighted by Crippen LogP contribution is 2.06. The third-order valence-electron chi connectivity index (χ3n) is 3.11. The Morgan fingerprint density at radius 3 is 2.71 bits per heavy atom. The highest BCUT2D eigenvalue weighted by Gasteiger charge is 2.13. The maximum atomic E-state index is 5.86. The molecular weight excluding hydrogens is 216 g/mol. The molecule has 0 saturated carbocycles. The van der Waals surface area contributed by atoms with Crippen molar-refractivity contribution in [1.29, 1.82) is 0 Å². The van der Waals surface area contributed by atoms with Gasteiger partial charge in [0.15, 0.2) is 0 Å². The normalized spacial score (nSPS) is 18.7. The molecule has 0 aromatic heterocycles. The molecule has 1 atom stereocenters. The van der Waals surface area contributed by atoms with E-state index in [2.05, 4.69) is 17.1 Å². The van der Waals surface area contributed by atoms with Crippen molar-refractivity contribution in [2.45, 2.75) is 32.3 Å². The molecule has 1 saturated heterocycles. The Balaban J connectivity index is 2.05. The quantitative estimate of drug-likeness (QED) is 0.584. The second kappa shape index (κ2) is 9.83. The van der Waals surface area contributed by atoms with Gasteiger partial charge in [0.05, 0.1) is 19.3 Å². The monoisotopic (exact) mass is 244 g/mol. The van der Waals surface area contributed by atoms with E-state index in [1.807, 2.05) is 0 Å². The average Bonchev–Trinajstić information content (AvgIpc) is 2.82. The van der Waals surface area contributed by atoms with Crippen LogP contribution in [0.2, 0.25) is 0 Å². The van der Waals surface area contributed by atoms with Gasteiger partial charge in [0.2, 0.25) is 0 Å². The summed E-state index contributed by atoms with van der Waals surface area (Å²) < 4.78 is 11.0. The number of methoxy groups -OCH3 is 1. The van der Waals surface area contributed by atoms with Crippen molar-refractivity contribution in [1.82, 2.24) is 10.2 Å². The molecule has 1 N–H and O–H groups in total. The standard InChI is InChI=1S/C13H28N2O2/c1-3-6-14-11-13(12-16-2)17-10-9-15-7-4-5-8-15/h13-14H,3-12H2,1-2H3. The van der Waals surface area contributed by atoms with Crippen LogP contribution in [0.1, 0.15) is 26.2 Å². The largest absolute Gasteiger partial charge is 0.382 e. The van der Waals surface area contributed by atoms with Gasteiger partial charge >= 0.3 is 0 Å². The first-order valence-corrected chi connectivity index (χ1v) is 6.90. The van der Waals surface area contributed by atoms with Crippen LogP contribution in [0.15, 0.2) is 0 Å². The lowest BCUT2D eigenvalue weighted by Gasteiger charge is -2.20. The zero-order valence-corrected chi connectivity index (χ0v) is 11.4. The fourth-order valence-corrected chi connectivity index (χ4v) is 2.15. The number of ether oxygens (including phenoxy) is 2. The van der Waals surface area contributed by atoms with Gasteiger partial charge in [0.1, 0.15) is 0 Å². The smallest absolute Gasteiger partial charge is 0.0932 e. The Kier molecular flexibility index (Phi) is 8.61. The first-order chi connectivity index (χ1) is 8.36. The Hall–Kier alpha value is -0.160. The lowest BCUT2D eigenvalue weighted by Crippen LogP contribution is -2.35. The maximum Gasteiger partial charge on any atom is 0.0932 e. The summed E-state index contributed by atoms with van der Waals surface area (Å²) in [7, 11) is 1.73. The number of hydrogen-bond donors (Lipinski definition) is 1. The van der Waals surface area contributed by atoms with Crippen LogP contribution in [-0.2, 0) is 9.47 Å². The van der Waals surface area contributed by atoms with Gasteiger partial charge in [-0.3, -0.25) is 0 Å². The number of hydrogen-bond acceptors (Lipinski definition) is 4. The van der Waals surface area contributed by atoms with Crippen molar-refractivity contribution in [2.24, 2.45) is 0 Å². The second-order valence-corrected chi connectivity index (χ2v) is 4.70. The van der Waals surface area contributed by atoms with Gasteiger partial charge in [0.25, 0.3) is 0 Å². The SMILES string of the molecule is CCCNCC(COC)OCCN1CCCC1. The van der Waals surface area contributed by atoms with Crippen LogP contribution in [-0.4, -0.2) is 64.1 Å². The number of nitrogens with one attached hydrogen (secondary N) is 1. The summed E-state index contributed by atoms with van der Waals surface area (Å²) in [6.45, 7) is 9.16. The van der Waals surface area contributed by atoms with Crippen LogP contribution in [0.5, 0.6) is 0 Å². The maximum absolute atomic E-state index is 5.86. The minimum Gasteiger partial charge on any atom is -0.382 e. The van der Waals surface area contributed by atoms with Crippen molar-refractivity contribution in [3.05, 3.63) is 0 Å². The van der Waals surface area contributed by atoms with E-state index in [1.54, 1.807) is 7.11 Å². The van der Waals surface area contributed by atoms with Gasteiger partial charge < -0.3 is 19.7 Å². The fraction of sp³-hybridized carbons (Fsp3) is 1.00. The van der Waals surface area contributed by atoms with Gasteiger partial charge in [-0.1, -0.05) is 6.92 Å². The molecule has 0 spiro atoms. The molecule has 1 aliphatic heterocycles. The van der Waals surface area contributed by atoms with Gasteiger partial charge in [-0.15, -0.1) is 0 Å². The molecule has 0 aliphatic carbocycles. The summed E-state index contributed by atoms with van der Waals surface area (Å²) in [5, 5.41) is 3.38. The van der Waals surface area contributed by atoms with E-state index in [0.717, 1.165) is 32.7 Å². The number of nitrogens with zero attached hydrogens (tertiary/aromatic N) is 1. The first kappa shape index (κ1) is 14.9. The lowest BCUT2D eigenvalue weighted by atomic mass is 10.3. The molecule has 4 nitrogen and oxygen atoms in total. The summed E-state index contributed by atoms with van der Waals surface area (Å²) in [6.07, 6.45) is 4.04. The van der Waals surface area contributed by atoms with Crippen molar-refractivity contribution in [2.75, 3.05) is 53.0 Å². The molecule has 1 unspecified atom stereocenters. The molecule has 4 heteroatoms. The molecule has 0 bridgehead atoms. The number of likely N-dealkylation sites (tertiary alicyclic amines) is 1. The molecule has 17 heavy (non-hydrogen) atoms. The van der Waals surface area contributed by atoms with Gasteiger partial charge in [-0.25, -0.2) is 0 Å². The zero-order valence-electron chi connectivity index (χ0n) is 11.4. The number of rotatable bonds is 10. The Labute approximate surface area is 106 Å². The third kappa shape index (κ3) is 6.99. The van der Waals surface area contributed by atoms with Crippen LogP contribution in [0.3, 0.4) is 0 Å². The molecule has 0 amide bonds. The van der Waals surface area contributed by atoms with E-state index in [1.165, 1.54) is 25.9 Å². The van der Waals surface area contributed by atoms with Crippen LogP contribution in [0, 0.1) is 0 Å². The fourth-order valence-electron chi connectivity index (χ4n) is 2.15. The first-order valence-electron chi connectivity index (χ1n) is 6.90. The highest BCUT2D eigenvalue weighted by molar-refractivity contribution is 4.66. The van der Waals surface area contributed by atoms with E-state index < -0.39 is 0 Å². The van der Waals surface area contributed by atoms with Gasteiger partial charge in [-0.2, -0.15) is 0 Å². The van der Waals surface area contributed by atoms with Crippen LogP contribution in [0.25, 0.3) is 0 Å². The van der Waals surface area contributed by atoms with Crippen molar-refractivity contribution < 1.29 is 9.47 Å². The highest BCUT2D eigenvalue weighted by atomic mass is 16.5. The Bertz CT molecular complexity index is 173. The van der Waals surface area contributed by atoms with E-state index in [-0.39, 0.29) is 6.10 Å². The lowest BCUT2D eigenvalue weighted by molar-refractivity contribution is -0.00714. The summed E-state index contributed by atoms with van der Waals surface area (Å²) in [5.41, 5.74) is 0. The van der Waals surface area contributed by atoms with Gasteiger partial charge in [-0.05, 0) is 38.9 Å². The summed E-state index contributed by atoms with van der Waals surface area (Å²) in [5.74, 6) is 0. The topological polar surface area (TPSA) is 33.7 Å². The Morgan fingerprint density at radius 2 is 2.06 bits per heavy atom. The third-order valence-corrected chi connectivity index (χ3v) is 3.11. The second-order valence-electron chi connectivity index (χ2n) is 4.70. The zero-order chi connectivity index (χ0) is 12.3. The van der Waals surface area contributed by atoms with Crippen LogP contribution < -0.4 is 5.32 Å². The minimum atomic E-state index is 0.189.